The Bertz CT molecular complexity index is 864. The van der Waals surface area contributed by atoms with Crippen LogP contribution >= 0.6 is 0 Å². The minimum Gasteiger partial charge on any atom is -0.494 e. The number of piperidine rings is 1. The minimum atomic E-state index is -0.223. The van der Waals surface area contributed by atoms with Crippen LogP contribution in [0.25, 0.3) is 10.9 Å². The first-order valence-electron chi connectivity index (χ1n) is 10.1. The van der Waals surface area contributed by atoms with E-state index in [1.165, 1.54) is 5.56 Å². The van der Waals surface area contributed by atoms with Crippen LogP contribution in [0.3, 0.4) is 0 Å². The van der Waals surface area contributed by atoms with Crippen molar-refractivity contribution in [1.82, 2.24) is 9.88 Å². The van der Waals surface area contributed by atoms with Crippen molar-refractivity contribution in [3.8, 4) is 5.75 Å². The Hall–Kier alpha value is -2.30. The highest BCUT2D eigenvalue weighted by Gasteiger charge is 2.48. The smallest absolute Gasteiger partial charge is 0.230 e. The lowest BCUT2D eigenvalue weighted by molar-refractivity contribution is -0.145. The van der Waals surface area contributed by atoms with Crippen molar-refractivity contribution in [3.05, 3.63) is 29.8 Å². The van der Waals surface area contributed by atoms with Crippen LogP contribution in [0.15, 0.2) is 24.3 Å². The summed E-state index contributed by atoms with van der Waals surface area (Å²) in [6.07, 6.45) is 4.06. The van der Waals surface area contributed by atoms with Crippen molar-refractivity contribution in [2.45, 2.75) is 39.5 Å². The molecule has 2 aliphatic rings. The van der Waals surface area contributed by atoms with E-state index in [2.05, 4.69) is 35.8 Å². The quantitative estimate of drug-likeness (QED) is 0.825. The molecule has 1 aromatic heterocycles. The molecule has 4 rings (SSSR count). The third-order valence-electron chi connectivity index (χ3n) is 6.21. The highest BCUT2D eigenvalue weighted by molar-refractivity contribution is 5.89. The Morgan fingerprint density at radius 2 is 2.11 bits per heavy atom. The Kier molecular flexibility index (Phi) is 4.70. The van der Waals surface area contributed by atoms with Crippen LogP contribution in [0.4, 0.5) is 5.82 Å². The number of para-hydroxylation sites is 1. The second kappa shape index (κ2) is 7.02. The summed E-state index contributed by atoms with van der Waals surface area (Å²) in [6, 6.07) is 8.20. The normalized spacial score (nSPS) is 22.9. The van der Waals surface area contributed by atoms with Crippen LogP contribution in [-0.4, -0.2) is 49.1 Å². The van der Waals surface area contributed by atoms with E-state index in [0.29, 0.717) is 5.91 Å². The third kappa shape index (κ3) is 3.03. The van der Waals surface area contributed by atoms with Gasteiger partial charge < -0.3 is 14.5 Å². The van der Waals surface area contributed by atoms with Crippen LogP contribution in [-0.2, 0) is 4.79 Å². The minimum absolute atomic E-state index is 0.223. The maximum absolute atomic E-state index is 13.2. The molecular formula is C22H29N3O2. The van der Waals surface area contributed by atoms with Crippen molar-refractivity contribution >= 4 is 22.6 Å². The van der Waals surface area contributed by atoms with Crippen molar-refractivity contribution in [1.29, 1.82) is 0 Å². The van der Waals surface area contributed by atoms with E-state index in [1.807, 2.05) is 12.1 Å². The van der Waals surface area contributed by atoms with Gasteiger partial charge in [-0.1, -0.05) is 19.1 Å². The molecule has 3 heterocycles. The van der Waals surface area contributed by atoms with E-state index < -0.39 is 0 Å². The lowest BCUT2D eigenvalue weighted by Crippen LogP contribution is -2.50. The summed E-state index contributed by atoms with van der Waals surface area (Å²) in [7, 11) is 1.69. The van der Waals surface area contributed by atoms with E-state index in [-0.39, 0.29) is 5.41 Å². The van der Waals surface area contributed by atoms with E-state index in [1.54, 1.807) is 7.11 Å². The summed E-state index contributed by atoms with van der Waals surface area (Å²) in [5.74, 6) is 2.12. The zero-order valence-electron chi connectivity index (χ0n) is 16.6. The molecule has 1 spiro atoms. The number of aryl methyl sites for hydroxylation is 1. The van der Waals surface area contributed by atoms with Crippen LogP contribution in [0.1, 0.15) is 38.2 Å². The molecule has 144 valence electrons. The van der Waals surface area contributed by atoms with Gasteiger partial charge in [0.05, 0.1) is 12.5 Å². The van der Waals surface area contributed by atoms with Gasteiger partial charge in [-0.15, -0.1) is 0 Å². The zero-order chi connectivity index (χ0) is 19.0. The van der Waals surface area contributed by atoms with Crippen molar-refractivity contribution in [2.24, 2.45) is 5.41 Å². The number of likely N-dealkylation sites (tertiary alicyclic amines) is 1. The van der Waals surface area contributed by atoms with E-state index in [9.17, 15) is 4.79 Å². The fourth-order valence-corrected chi connectivity index (χ4v) is 4.78. The molecule has 2 aliphatic heterocycles. The van der Waals surface area contributed by atoms with Crippen LogP contribution in [0.2, 0.25) is 0 Å². The van der Waals surface area contributed by atoms with Gasteiger partial charge in [-0.05, 0) is 50.3 Å². The lowest BCUT2D eigenvalue weighted by Gasteiger charge is -2.39. The maximum Gasteiger partial charge on any atom is 0.230 e. The largest absolute Gasteiger partial charge is 0.494 e. The zero-order valence-corrected chi connectivity index (χ0v) is 16.6. The average molecular weight is 367 g/mol. The number of carbonyl (C=O) groups excluding carboxylic acids is 1. The molecule has 2 aromatic rings. The molecule has 0 unspecified atom stereocenters. The molecule has 2 saturated heterocycles. The number of fused-ring (bicyclic) bond motifs is 1. The predicted molar refractivity (Wildman–Crippen MR) is 108 cm³/mol. The number of benzene rings is 1. The van der Waals surface area contributed by atoms with E-state index in [0.717, 1.165) is 74.3 Å². The number of ether oxygens (including phenoxy) is 1. The molecule has 5 heteroatoms. The van der Waals surface area contributed by atoms with Crippen molar-refractivity contribution < 1.29 is 9.53 Å². The fraction of sp³-hybridized carbons (Fsp3) is 0.545. The molecular weight excluding hydrogens is 338 g/mol. The summed E-state index contributed by atoms with van der Waals surface area (Å²) >= 11 is 0. The monoisotopic (exact) mass is 367 g/mol. The topological polar surface area (TPSA) is 45.7 Å². The highest BCUT2D eigenvalue weighted by Crippen LogP contribution is 2.42. The number of amides is 1. The average Bonchev–Trinajstić information content (AvgIpc) is 3.10. The van der Waals surface area contributed by atoms with E-state index >= 15 is 0 Å². The van der Waals surface area contributed by atoms with Gasteiger partial charge in [0.2, 0.25) is 5.91 Å². The molecule has 2 fully saturated rings. The molecule has 0 saturated carbocycles. The molecule has 1 aromatic carbocycles. The maximum atomic E-state index is 13.2. The summed E-state index contributed by atoms with van der Waals surface area (Å²) in [6.45, 7) is 7.72. The Morgan fingerprint density at radius 1 is 1.26 bits per heavy atom. The number of rotatable bonds is 4. The summed E-state index contributed by atoms with van der Waals surface area (Å²) in [5, 5.41) is 1.12. The fourth-order valence-electron chi connectivity index (χ4n) is 4.78. The van der Waals surface area contributed by atoms with Crippen molar-refractivity contribution in [3.63, 3.8) is 0 Å². The molecule has 0 bridgehead atoms. The number of hydrogen-bond acceptors (Lipinski definition) is 4. The van der Waals surface area contributed by atoms with Crippen LogP contribution in [0, 0.1) is 12.3 Å². The molecule has 0 N–H and O–H groups in total. The second-order valence-electron chi connectivity index (χ2n) is 8.00. The Balaban J connectivity index is 1.65. The van der Waals surface area contributed by atoms with Gasteiger partial charge in [-0.3, -0.25) is 4.79 Å². The molecule has 0 aliphatic carbocycles. The van der Waals surface area contributed by atoms with Gasteiger partial charge >= 0.3 is 0 Å². The third-order valence-corrected chi connectivity index (χ3v) is 6.21. The number of pyridine rings is 1. The Morgan fingerprint density at radius 3 is 2.89 bits per heavy atom. The lowest BCUT2D eigenvalue weighted by atomic mass is 9.78. The standard InChI is InChI=1S/C22H29N3O2/c1-4-11-24-12-6-9-22(21(24)26)10-13-25(15-22)19-14-16(2)17-7-5-8-18(27-3)20(17)23-19/h5,7-8,14H,4,6,9-13,15H2,1-3H3/t22-/m1/s1. The summed E-state index contributed by atoms with van der Waals surface area (Å²) < 4.78 is 5.53. The Labute approximate surface area is 161 Å². The molecule has 1 atom stereocenters. The highest BCUT2D eigenvalue weighted by atomic mass is 16.5. The first-order chi connectivity index (χ1) is 13.1. The van der Waals surface area contributed by atoms with Gasteiger partial charge in [0.25, 0.3) is 0 Å². The number of anilines is 1. The first kappa shape index (κ1) is 18.1. The van der Waals surface area contributed by atoms with Crippen molar-refractivity contribution in [2.75, 3.05) is 38.2 Å². The number of carbonyl (C=O) groups is 1. The van der Waals surface area contributed by atoms with E-state index in [4.69, 9.17) is 9.72 Å². The first-order valence-corrected chi connectivity index (χ1v) is 10.1. The molecule has 0 radical (unpaired) electrons. The van der Waals surface area contributed by atoms with Gasteiger partial charge in [-0.25, -0.2) is 4.98 Å². The predicted octanol–water partition coefficient (Wildman–Crippen LogP) is 3.78. The number of hydrogen-bond donors (Lipinski definition) is 0. The van der Waals surface area contributed by atoms with Gasteiger partial charge in [0, 0.05) is 31.6 Å². The molecule has 1 amide bonds. The van der Waals surface area contributed by atoms with Gasteiger partial charge in [0.1, 0.15) is 17.1 Å². The number of methoxy groups -OCH3 is 1. The van der Waals surface area contributed by atoms with Crippen LogP contribution in [0.5, 0.6) is 5.75 Å². The number of aromatic nitrogens is 1. The SMILES string of the molecule is CCCN1CCC[C@]2(CCN(c3cc(C)c4cccc(OC)c4n3)C2)C1=O. The second-order valence-corrected chi connectivity index (χ2v) is 8.00. The number of nitrogens with zero attached hydrogens (tertiary/aromatic N) is 3. The molecule has 5 nitrogen and oxygen atoms in total. The van der Waals surface area contributed by atoms with Crippen LogP contribution < -0.4 is 9.64 Å². The van der Waals surface area contributed by atoms with Gasteiger partial charge in [-0.2, -0.15) is 0 Å². The van der Waals surface area contributed by atoms with Gasteiger partial charge in [0.15, 0.2) is 0 Å². The summed E-state index contributed by atoms with van der Waals surface area (Å²) in [4.78, 5) is 22.5. The molecule has 27 heavy (non-hydrogen) atoms. The summed E-state index contributed by atoms with van der Waals surface area (Å²) in [5.41, 5.74) is 1.87.